The summed E-state index contributed by atoms with van der Waals surface area (Å²) in [5, 5.41) is 6.41. The van der Waals surface area contributed by atoms with E-state index < -0.39 is 0 Å². The fourth-order valence-electron chi connectivity index (χ4n) is 1.66. The lowest BCUT2D eigenvalue weighted by atomic mass is 10.2. The van der Waals surface area contributed by atoms with Gasteiger partial charge in [0.2, 0.25) is 5.95 Å². The number of thiophene rings is 1. The van der Waals surface area contributed by atoms with Crippen molar-refractivity contribution < 1.29 is 0 Å². The molecule has 0 fully saturated rings. The molecule has 0 aliphatic heterocycles. The fourth-order valence-corrected chi connectivity index (χ4v) is 2.84. The molecular formula is C12H9BrN4S. The molecule has 3 aromatic rings. The van der Waals surface area contributed by atoms with Crippen LogP contribution in [-0.2, 0) is 0 Å². The number of fused-ring (bicyclic) bond motifs is 1. The Morgan fingerprint density at radius 2 is 2.06 bits per heavy atom. The Morgan fingerprint density at radius 1 is 1.17 bits per heavy atom. The SMILES string of the molecule is Nc1cc(Br)nc(Nc2ccc3sccc3c2)n1. The largest absolute Gasteiger partial charge is 0.383 e. The lowest BCUT2D eigenvalue weighted by Gasteiger charge is -2.05. The zero-order chi connectivity index (χ0) is 12.5. The molecule has 0 aliphatic rings. The van der Waals surface area contributed by atoms with E-state index >= 15 is 0 Å². The third kappa shape index (κ3) is 2.30. The van der Waals surface area contributed by atoms with Gasteiger partial charge in [-0.2, -0.15) is 4.98 Å². The van der Waals surface area contributed by atoms with Crippen LogP contribution in [0.5, 0.6) is 0 Å². The number of rotatable bonds is 2. The number of hydrogen-bond donors (Lipinski definition) is 2. The van der Waals surface area contributed by atoms with Gasteiger partial charge in [-0.3, -0.25) is 0 Å². The van der Waals surface area contributed by atoms with Gasteiger partial charge in [-0.1, -0.05) is 0 Å². The number of benzene rings is 1. The Labute approximate surface area is 116 Å². The van der Waals surface area contributed by atoms with Crippen molar-refractivity contribution in [1.29, 1.82) is 0 Å². The van der Waals surface area contributed by atoms with Crippen molar-refractivity contribution in [3.8, 4) is 0 Å². The standard InChI is InChI=1S/C12H9BrN4S/c13-10-6-11(14)17-12(16-10)15-8-1-2-9-7(5-8)3-4-18-9/h1-6H,(H3,14,15,16,17). The molecule has 0 spiro atoms. The quantitative estimate of drug-likeness (QED) is 0.705. The second-order valence-corrected chi connectivity index (χ2v) is 5.50. The van der Waals surface area contributed by atoms with E-state index in [9.17, 15) is 0 Å². The first kappa shape index (κ1) is 11.4. The molecule has 0 atom stereocenters. The van der Waals surface area contributed by atoms with Gasteiger partial charge in [-0.25, -0.2) is 4.98 Å². The van der Waals surface area contributed by atoms with Crippen LogP contribution in [0.4, 0.5) is 17.5 Å². The molecule has 2 heterocycles. The fraction of sp³-hybridized carbons (Fsp3) is 0. The Balaban J connectivity index is 1.95. The molecule has 0 amide bonds. The van der Waals surface area contributed by atoms with Crippen molar-refractivity contribution in [2.75, 3.05) is 11.1 Å². The van der Waals surface area contributed by atoms with E-state index in [0.717, 1.165) is 5.69 Å². The molecule has 0 saturated heterocycles. The van der Waals surface area contributed by atoms with Crippen molar-refractivity contribution in [3.05, 3.63) is 40.3 Å². The zero-order valence-electron chi connectivity index (χ0n) is 9.22. The van der Waals surface area contributed by atoms with Crippen LogP contribution >= 0.6 is 27.3 Å². The summed E-state index contributed by atoms with van der Waals surface area (Å²) in [5.74, 6) is 0.910. The molecular weight excluding hydrogens is 312 g/mol. The lowest BCUT2D eigenvalue weighted by Crippen LogP contribution is -2.00. The number of nitrogen functional groups attached to an aromatic ring is 1. The number of nitrogens with two attached hydrogens (primary N) is 1. The number of nitrogens with one attached hydrogen (secondary N) is 1. The molecule has 6 heteroatoms. The highest BCUT2D eigenvalue weighted by molar-refractivity contribution is 9.10. The topological polar surface area (TPSA) is 63.8 Å². The highest BCUT2D eigenvalue weighted by atomic mass is 79.9. The summed E-state index contributed by atoms with van der Waals surface area (Å²) in [6.45, 7) is 0. The average molecular weight is 321 g/mol. The summed E-state index contributed by atoms with van der Waals surface area (Å²) in [4.78, 5) is 8.34. The minimum Gasteiger partial charge on any atom is -0.383 e. The maximum Gasteiger partial charge on any atom is 0.230 e. The van der Waals surface area contributed by atoms with Crippen molar-refractivity contribution in [2.45, 2.75) is 0 Å². The van der Waals surface area contributed by atoms with Crippen molar-refractivity contribution in [1.82, 2.24) is 9.97 Å². The van der Waals surface area contributed by atoms with Gasteiger partial charge in [0.15, 0.2) is 0 Å². The summed E-state index contributed by atoms with van der Waals surface area (Å²) in [6, 6.07) is 9.88. The predicted octanol–water partition coefficient (Wildman–Crippen LogP) is 3.78. The van der Waals surface area contributed by atoms with Crippen molar-refractivity contribution >= 4 is 54.8 Å². The lowest BCUT2D eigenvalue weighted by molar-refractivity contribution is 1.15. The number of aromatic nitrogens is 2. The molecule has 0 radical (unpaired) electrons. The normalized spacial score (nSPS) is 10.7. The number of anilines is 3. The smallest absolute Gasteiger partial charge is 0.230 e. The van der Waals surface area contributed by atoms with Gasteiger partial charge in [-0.05, 0) is 51.0 Å². The van der Waals surface area contributed by atoms with Crippen LogP contribution in [-0.4, -0.2) is 9.97 Å². The van der Waals surface area contributed by atoms with Gasteiger partial charge in [0, 0.05) is 16.5 Å². The maximum atomic E-state index is 5.67. The van der Waals surface area contributed by atoms with E-state index in [1.165, 1.54) is 10.1 Å². The molecule has 0 bridgehead atoms. The highest BCUT2D eigenvalue weighted by Crippen LogP contribution is 2.25. The van der Waals surface area contributed by atoms with Crippen molar-refractivity contribution in [2.24, 2.45) is 0 Å². The summed E-state index contributed by atoms with van der Waals surface area (Å²) in [5.41, 5.74) is 6.61. The Morgan fingerprint density at radius 3 is 2.89 bits per heavy atom. The minimum absolute atomic E-state index is 0.427. The van der Waals surface area contributed by atoms with Crippen LogP contribution in [0.3, 0.4) is 0 Å². The van der Waals surface area contributed by atoms with Gasteiger partial charge < -0.3 is 11.1 Å². The molecule has 4 nitrogen and oxygen atoms in total. The van der Waals surface area contributed by atoms with Gasteiger partial charge in [0.05, 0.1) is 0 Å². The summed E-state index contributed by atoms with van der Waals surface area (Å²) in [7, 11) is 0. The van der Waals surface area contributed by atoms with E-state index in [1.807, 2.05) is 6.07 Å². The van der Waals surface area contributed by atoms with Crippen LogP contribution in [0, 0.1) is 0 Å². The van der Waals surface area contributed by atoms with E-state index in [1.54, 1.807) is 17.4 Å². The van der Waals surface area contributed by atoms with Crippen LogP contribution < -0.4 is 11.1 Å². The second-order valence-electron chi connectivity index (χ2n) is 3.74. The van der Waals surface area contributed by atoms with Crippen LogP contribution in [0.25, 0.3) is 10.1 Å². The van der Waals surface area contributed by atoms with E-state index in [4.69, 9.17) is 5.73 Å². The molecule has 18 heavy (non-hydrogen) atoms. The summed E-state index contributed by atoms with van der Waals surface area (Å²) >= 11 is 5.01. The summed E-state index contributed by atoms with van der Waals surface area (Å²) in [6.07, 6.45) is 0. The van der Waals surface area contributed by atoms with E-state index in [0.29, 0.717) is 16.4 Å². The molecule has 90 valence electrons. The number of halogens is 1. The Hall–Kier alpha value is -1.66. The molecule has 0 saturated carbocycles. The monoisotopic (exact) mass is 320 g/mol. The molecule has 0 aliphatic carbocycles. The summed E-state index contributed by atoms with van der Waals surface area (Å²) < 4.78 is 1.92. The highest BCUT2D eigenvalue weighted by Gasteiger charge is 2.02. The second kappa shape index (κ2) is 4.55. The third-order valence-electron chi connectivity index (χ3n) is 2.42. The van der Waals surface area contributed by atoms with Crippen LogP contribution in [0.1, 0.15) is 0 Å². The van der Waals surface area contributed by atoms with Crippen LogP contribution in [0.2, 0.25) is 0 Å². The van der Waals surface area contributed by atoms with E-state index in [-0.39, 0.29) is 0 Å². The van der Waals surface area contributed by atoms with Gasteiger partial charge in [0.1, 0.15) is 10.4 Å². The first-order valence-electron chi connectivity index (χ1n) is 5.25. The Bertz CT molecular complexity index is 690. The maximum absolute atomic E-state index is 5.67. The molecule has 3 rings (SSSR count). The van der Waals surface area contributed by atoms with Gasteiger partial charge >= 0.3 is 0 Å². The Kier molecular flexibility index (Phi) is 2.89. The molecule has 3 N–H and O–H groups in total. The first-order chi connectivity index (χ1) is 8.70. The average Bonchev–Trinajstić information content (AvgIpc) is 2.74. The third-order valence-corrected chi connectivity index (χ3v) is 3.73. The molecule has 0 unspecified atom stereocenters. The molecule has 2 aromatic heterocycles. The molecule has 1 aromatic carbocycles. The first-order valence-corrected chi connectivity index (χ1v) is 6.92. The van der Waals surface area contributed by atoms with Gasteiger partial charge in [-0.15, -0.1) is 11.3 Å². The van der Waals surface area contributed by atoms with Gasteiger partial charge in [0.25, 0.3) is 0 Å². The number of hydrogen-bond acceptors (Lipinski definition) is 5. The van der Waals surface area contributed by atoms with Crippen molar-refractivity contribution in [3.63, 3.8) is 0 Å². The predicted molar refractivity (Wildman–Crippen MR) is 79.3 cm³/mol. The zero-order valence-corrected chi connectivity index (χ0v) is 11.6. The minimum atomic E-state index is 0.427. The van der Waals surface area contributed by atoms with E-state index in [2.05, 4.69) is 54.8 Å². The van der Waals surface area contributed by atoms with Crippen LogP contribution in [0.15, 0.2) is 40.3 Å². The number of nitrogens with zero attached hydrogens (tertiary/aromatic N) is 2.